The Morgan fingerprint density at radius 1 is 1.54 bits per heavy atom. The van der Waals surface area contributed by atoms with Crippen LogP contribution in [0.5, 0.6) is 0 Å². The zero-order valence-corrected chi connectivity index (χ0v) is 11.4. The number of nitrogens with two attached hydrogens (primary N) is 1. The summed E-state index contributed by atoms with van der Waals surface area (Å²) < 4.78 is 4.44. The largest absolute Gasteiger partial charge is 1.00 e. The van der Waals surface area contributed by atoms with Gasteiger partial charge in [0, 0.05) is 6.54 Å². The van der Waals surface area contributed by atoms with Crippen LogP contribution in [0.15, 0.2) is 0 Å². The molecule has 1 atom stereocenters. The summed E-state index contributed by atoms with van der Waals surface area (Å²) in [6.07, 6.45) is 0.880. The first-order valence-electron chi connectivity index (χ1n) is 3.65. The van der Waals surface area contributed by atoms with Gasteiger partial charge in [0.1, 0.15) is 6.72 Å². The standard InChI is InChI=1S/C5H15N2O3PS.Na/c6-2-1-3-7-4-5-10-11(8,9)12;/h7H,1-6H2,(H2,8,9,12);/q;+1/p-1. The summed E-state index contributed by atoms with van der Waals surface area (Å²) in [4.78, 5) is 18.9. The van der Waals surface area contributed by atoms with Gasteiger partial charge in [0.25, 0.3) is 0 Å². The van der Waals surface area contributed by atoms with Gasteiger partial charge in [-0.15, -0.1) is 0 Å². The van der Waals surface area contributed by atoms with Crippen LogP contribution in [0, 0.1) is 0 Å². The van der Waals surface area contributed by atoms with Gasteiger partial charge in [0.05, 0.1) is 6.61 Å². The molecule has 0 amide bonds. The predicted molar refractivity (Wildman–Crippen MR) is 49.0 cm³/mol. The topological polar surface area (TPSA) is 90.6 Å². The van der Waals surface area contributed by atoms with Crippen LogP contribution in [0.1, 0.15) is 6.42 Å². The molecule has 0 aliphatic heterocycles. The van der Waals surface area contributed by atoms with Gasteiger partial charge in [-0.2, -0.15) is 0 Å². The molecular formula is C5H14N2NaO3PS. The molecule has 5 nitrogen and oxygen atoms in total. The molecule has 0 heterocycles. The minimum absolute atomic E-state index is 0. The molecule has 74 valence electrons. The molecule has 1 unspecified atom stereocenters. The number of hydrogen-bond acceptors (Lipinski definition) is 5. The summed E-state index contributed by atoms with van der Waals surface area (Å²) in [6, 6.07) is 0. The Bertz CT molecular complexity index is 157. The van der Waals surface area contributed by atoms with Crippen LogP contribution in [0.25, 0.3) is 0 Å². The quantitative estimate of drug-likeness (QED) is 0.234. The third-order valence-electron chi connectivity index (χ3n) is 1.09. The number of hydrogen-bond donors (Lipinski definition) is 3. The van der Waals surface area contributed by atoms with Crippen molar-refractivity contribution in [2.45, 2.75) is 6.42 Å². The van der Waals surface area contributed by atoms with Crippen molar-refractivity contribution in [1.82, 2.24) is 5.32 Å². The summed E-state index contributed by atoms with van der Waals surface area (Å²) in [5.74, 6) is 0. The van der Waals surface area contributed by atoms with Gasteiger partial charge in [-0.25, -0.2) is 0 Å². The van der Waals surface area contributed by atoms with Crippen molar-refractivity contribution in [3.8, 4) is 0 Å². The van der Waals surface area contributed by atoms with Crippen LogP contribution in [0.2, 0.25) is 0 Å². The molecule has 0 aliphatic carbocycles. The van der Waals surface area contributed by atoms with Crippen LogP contribution in [0.4, 0.5) is 0 Å². The minimum Gasteiger partial charge on any atom is -0.780 e. The number of rotatable bonds is 7. The Labute approximate surface area is 106 Å². The normalized spacial score (nSPS) is 14.7. The van der Waals surface area contributed by atoms with Crippen molar-refractivity contribution >= 4 is 18.5 Å². The molecule has 0 spiro atoms. The van der Waals surface area contributed by atoms with Crippen LogP contribution < -0.4 is 45.5 Å². The number of nitrogens with one attached hydrogen (secondary N) is 1. The van der Waals surface area contributed by atoms with Crippen molar-refractivity contribution in [3.63, 3.8) is 0 Å². The van der Waals surface area contributed by atoms with Gasteiger partial charge in [0.2, 0.25) is 0 Å². The van der Waals surface area contributed by atoms with E-state index in [1.807, 2.05) is 0 Å². The molecule has 0 aromatic carbocycles. The SMILES string of the molecule is NCCCNCCOP([O-])(O)=S.[Na+]. The summed E-state index contributed by atoms with van der Waals surface area (Å²) in [6.45, 7) is -1.62. The summed E-state index contributed by atoms with van der Waals surface area (Å²) in [7, 11) is 0. The smallest absolute Gasteiger partial charge is 0.780 e. The summed E-state index contributed by atoms with van der Waals surface area (Å²) >= 11 is 4.13. The maximum Gasteiger partial charge on any atom is 1.00 e. The Morgan fingerprint density at radius 3 is 2.62 bits per heavy atom. The van der Waals surface area contributed by atoms with E-state index in [2.05, 4.69) is 21.6 Å². The van der Waals surface area contributed by atoms with Gasteiger partial charge in [-0.1, -0.05) is 11.8 Å². The van der Waals surface area contributed by atoms with Crippen molar-refractivity contribution in [1.29, 1.82) is 0 Å². The molecule has 0 aliphatic rings. The Kier molecular flexibility index (Phi) is 13.0. The Morgan fingerprint density at radius 2 is 2.15 bits per heavy atom. The summed E-state index contributed by atoms with van der Waals surface area (Å²) in [5, 5.41) is 2.98. The van der Waals surface area contributed by atoms with Crippen LogP contribution >= 0.6 is 6.72 Å². The second kappa shape index (κ2) is 9.98. The van der Waals surface area contributed by atoms with E-state index >= 15 is 0 Å². The first-order valence-corrected chi connectivity index (χ1v) is 6.24. The average Bonchev–Trinajstić information content (AvgIpc) is 1.94. The third-order valence-corrected chi connectivity index (χ3v) is 1.92. The second-order valence-electron chi connectivity index (χ2n) is 2.19. The molecular weight excluding hydrogens is 222 g/mol. The van der Waals surface area contributed by atoms with Crippen LogP contribution in [0.3, 0.4) is 0 Å². The Balaban J connectivity index is 0. The molecule has 0 bridgehead atoms. The maximum absolute atomic E-state index is 10.4. The molecule has 0 radical (unpaired) electrons. The fourth-order valence-electron chi connectivity index (χ4n) is 0.585. The molecule has 0 saturated heterocycles. The maximum atomic E-state index is 10.4. The van der Waals surface area contributed by atoms with E-state index in [-0.39, 0.29) is 36.2 Å². The van der Waals surface area contributed by atoms with Gasteiger partial charge in [0.15, 0.2) is 0 Å². The van der Waals surface area contributed by atoms with Gasteiger partial charge < -0.3 is 25.4 Å². The average molecular weight is 236 g/mol. The fraction of sp³-hybridized carbons (Fsp3) is 1.00. The van der Waals surface area contributed by atoms with Gasteiger partial charge in [-0.05, 0) is 19.5 Å². The van der Waals surface area contributed by atoms with Crippen LogP contribution in [-0.2, 0) is 16.3 Å². The van der Waals surface area contributed by atoms with Crippen molar-refractivity contribution in [2.24, 2.45) is 5.73 Å². The first kappa shape index (κ1) is 16.9. The monoisotopic (exact) mass is 236 g/mol. The van der Waals surface area contributed by atoms with E-state index < -0.39 is 6.72 Å². The first-order chi connectivity index (χ1) is 5.56. The van der Waals surface area contributed by atoms with E-state index in [1.165, 1.54) is 0 Å². The zero-order chi connectivity index (χ0) is 9.45. The van der Waals surface area contributed by atoms with E-state index in [1.54, 1.807) is 0 Å². The molecule has 0 rings (SSSR count). The fourth-order valence-corrected chi connectivity index (χ4v) is 1.13. The van der Waals surface area contributed by atoms with E-state index in [0.29, 0.717) is 13.1 Å². The van der Waals surface area contributed by atoms with Gasteiger partial charge in [-0.3, -0.25) is 0 Å². The van der Waals surface area contributed by atoms with E-state index in [0.717, 1.165) is 13.0 Å². The van der Waals surface area contributed by atoms with Crippen molar-refractivity contribution in [3.05, 3.63) is 0 Å². The molecule has 0 aromatic heterocycles. The van der Waals surface area contributed by atoms with E-state index in [9.17, 15) is 4.89 Å². The molecule has 0 fully saturated rings. The summed E-state index contributed by atoms with van der Waals surface area (Å²) in [5.41, 5.74) is 5.24. The Hall–Kier alpha value is 1.45. The molecule has 13 heavy (non-hydrogen) atoms. The van der Waals surface area contributed by atoms with Crippen molar-refractivity contribution in [2.75, 3.05) is 26.2 Å². The molecule has 0 saturated carbocycles. The minimum atomic E-state index is -3.70. The second-order valence-corrected chi connectivity index (χ2v) is 4.77. The molecule has 4 N–H and O–H groups in total. The molecule has 0 aromatic rings. The predicted octanol–water partition coefficient (Wildman–Crippen LogP) is -4.48. The third kappa shape index (κ3) is 16.1. The van der Waals surface area contributed by atoms with Crippen molar-refractivity contribution < 1.29 is 43.9 Å². The van der Waals surface area contributed by atoms with Gasteiger partial charge >= 0.3 is 29.6 Å². The van der Waals surface area contributed by atoms with E-state index in [4.69, 9.17) is 10.6 Å². The molecule has 8 heteroatoms. The zero-order valence-electron chi connectivity index (χ0n) is 7.73. The van der Waals surface area contributed by atoms with Crippen LogP contribution in [-0.4, -0.2) is 31.1 Å².